The molecular weight excluding hydrogens is 202 g/mol. The molecule has 0 fully saturated rings. The van der Waals surface area contributed by atoms with Crippen LogP contribution in [0.2, 0.25) is 0 Å². The van der Waals surface area contributed by atoms with E-state index in [9.17, 15) is 0 Å². The van der Waals surface area contributed by atoms with Gasteiger partial charge in [0.05, 0.1) is 0 Å². The van der Waals surface area contributed by atoms with Crippen molar-refractivity contribution in [2.45, 2.75) is 59.3 Å². The van der Waals surface area contributed by atoms with E-state index in [2.05, 4.69) is 30.6 Å². The van der Waals surface area contributed by atoms with Crippen molar-refractivity contribution in [1.29, 1.82) is 0 Å². The van der Waals surface area contributed by atoms with E-state index in [4.69, 9.17) is 0 Å². The second-order valence-corrected chi connectivity index (χ2v) is 3.19. The van der Waals surface area contributed by atoms with Crippen LogP contribution in [-0.2, 0) is 6.42 Å². The minimum atomic E-state index is 1.01. The Balaban J connectivity index is 0. The zero-order chi connectivity index (χ0) is 12.3. The van der Waals surface area contributed by atoms with E-state index in [-0.39, 0.29) is 0 Å². The van der Waals surface area contributed by atoms with Gasteiger partial charge in [-0.1, -0.05) is 41.0 Å². The van der Waals surface area contributed by atoms with Gasteiger partial charge < -0.3 is 0 Å². The van der Waals surface area contributed by atoms with Gasteiger partial charge in [0.1, 0.15) is 0 Å². The van der Waals surface area contributed by atoms with Crippen molar-refractivity contribution in [2.75, 3.05) is 0 Å². The van der Waals surface area contributed by atoms with E-state index in [1.165, 1.54) is 5.56 Å². The molecule has 2 heteroatoms. The molecule has 0 amide bonds. The first-order valence-corrected chi connectivity index (χ1v) is 6.33. The molecule has 0 saturated carbocycles. The second kappa shape index (κ2) is 11.6. The number of rotatable bonds is 2. The molecule has 1 rings (SSSR count). The molecule has 0 bridgehead atoms. The molecule has 1 aromatic heterocycles. The minimum Gasteiger partial charge on any atom is -0.260 e. The molecule has 0 saturated heterocycles. The molecule has 0 aliphatic rings. The Morgan fingerprint density at radius 2 is 1.73 bits per heavy atom. The topological polar surface area (TPSA) is 12.9 Å². The van der Waals surface area contributed by atoms with E-state index in [1.807, 2.05) is 40.8 Å². The van der Waals surface area contributed by atoms with Gasteiger partial charge in [0.25, 0.3) is 0 Å². The molecular formula is C13H25NS. The zero-order valence-corrected chi connectivity index (χ0v) is 11.9. The van der Waals surface area contributed by atoms with Crippen molar-refractivity contribution >= 4 is 12.6 Å². The number of thiol groups is 1. The summed E-state index contributed by atoms with van der Waals surface area (Å²) in [6.07, 6.45) is 4.09. The SMILES string of the molecule is CC.CC.CCCc1cc(C)ncc1S. The van der Waals surface area contributed by atoms with Crippen molar-refractivity contribution in [3.05, 3.63) is 23.5 Å². The fourth-order valence-electron chi connectivity index (χ4n) is 1.08. The van der Waals surface area contributed by atoms with Gasteiger partial charge in [-0.3, -0.25) is 4.98 Å². The number of aryl methyl sites for hydroxylation is 2. The van der Waals surface area contributed by atoms with E-state index in [0.717, 1.165) is 23.4 Å². The van der Waals surface area contributed by atoms with E-state index < -0.39 is 0 Å². The molecule has 0 aliphatic heterocycles. The highest BCUT2D eigenvalue weighted by molar-refractivity contribution is 7.80. The average Bonchev–Trinajstić information content (AvgIpc) is 2.29. The van der Waals surface area contributed by atoms with Gasteiger partial charge in [0.15, 0.2) is 0 Å². The summed E-state index contributed by atoms with van der Waals surface area (Å²) in [5, 5.41) is 0. The predicted molar refractivity (Wildman–Crippen MR) is 72.9 cm³/mol. The van der Waals surface area contributed by atoms with Crippen molar-refractivity contribution in [3.63, 3.8) is 0 Å². The quantitative estimate of drug-likeness (QED) is 0.724. The number of hydrogen-bond acceptors (Lipinski definition) is 2. The smallest absolute Gasteiger partial charge is 0.0407 e. The van der Waals surface area contributed by atoms with Gasteiger partial charge in [-0.25, -0.2) is 0 Å². The molecule has 1 aromatic rings. The summed E-state index contributed by atoms with van der Waals surface area (Å²) >= 11 is 4.32. The van der Waals surface area contributed by atoms with Crippen LogP contribution in [0.15, 0.2) is 17.2 Å². The first-order valence-electron chi connectivity index (χ1n) is 5.88. The molecule has 0 aliphatic carbocycles. The number of nitrogens with zero attached hydrogens (tertiary/aromatic N) is 1. The molecule has 15 heavy (non-hydrogen) atoms. The highest BCUT2D eigenvalue weighted by atomic mass is 32.1. The highest BCUT2D eigenvalue weighted by Gasteiger charge is 1.97. The lowest BCUT2D eigenvalue weighted by Crippen LogP contribution is -1.89. The molecule has 0 radical (unpaired) electrons. The molecule has 1 nitrogen and oxygen atoms in total. The maximum absolute atomic E-state index is 4.32. The van der Waals surface area contributed by atoms with Crippen molar-refractivity contribution in [2.24, 2.45) is 0 Å². The summed E-state index contributed by atoms with van der Waals surface area (Å²) in [6, 6.07) is 2.10. The Hall–Kier alpha value is -0.500. The summed E-state index contributed by atoms with van der Waals surface area (Å²) in [6.45, 7) is 12.2. The Bertz CT molecular complexity index is 246. The predicted octanol–water partition coefficient (Wildman–Crippen LogP) is 4.68. The normalized spacial score (nSPS) is 8.20. The van der Waals surface area contributed by atoms with E-state index in [0.29, 0.717) is 0 Å². The third-order valence-corrected chi connectivity index (χ3v) is 2.02. The monoisotopic (exact) mass is 227 g/mol. The zero-order valence-electron chi connectivity index (χ0n) is 11.0. The van der Waals surface area contributed by atoms with Crippen LogP contribution in [0.1, 0.15) is 52.3 Å². The van der Waals surface area contributed by atoms with Crippen molar-refractivity contribution < 1.29 is 0 Å². The molecule has 0 spiro atoms. The first-order chi connectivity index (χ1) is 7.24. The third-order valence-electron chi connectivity index (χ3n) is 1.62. The van der Waals surface area contributed by atoms with Crippen LogP contribution in [0.5, 0.6) is 0 Å². The van der Waals surface area contributed by atoms with Gasteiger partial charge in [-0.05, 0) is 25.0 Å². The number of hydrogen-bond donors (Lipinski definition) is 1. The molecule has 0 atom stereocenters. The fraction of sp³-hybridized carbons (Fsp3) is 0.615. The third kappa shape index (κ3) is 7.43. The van der Waals surface area contributed by atoms with Crippen molar-refractivity contribution in [1.82, 2.24) is 4.98 Å². The average molecular weight is 227 g/mol. The Morgan fingerprint density at radius 1 is 1.20 bits per heavy atom. The van der Waals surface area contributed by atoms with Crippen LogP contribution in [-0.4, -0.2) is 4.98 Å². The maximum Gasteiger partial charge on any atom is 0.0407 e. The molecule has 1 heterocycles. The summed E-state index contributed by atoms with van der Waals surface area (Å²) in [5.41, 5.74) is 2.38. The minimum absolute atomic E-state index is 1.01. The van der Waals surface area contributed by atoms with Crippen LogP contribution >= 0.6 is 12.6 Å². The largest absolute Gasteiger partial charge is 0.260 e. The number of pyridine rings is 1. The molecule has 0 N–H and O–H groups in total. The Morgan fingerprint density at radius 3 is 2.20 bits per heavy atom. The summed E-state index contributed by atoms with van der Waals surface area (Å²) in [5.74, 6) is 0. The van der Waals surface area contributed by atoms with Gasteiger partial charge in [0.2, 0.25) is 0 Å². The van der Waals surface area contributed by atoms with Gasteiger partial charge in [0, 0.05) is 16.8 Å². The molecule has 88 valence electrons. The van der Waals surface area contributed by atoms with Crippen LogP contribution in [0.25, 0.3) is 0 Å². The highest BCUT2D eigenvalue weighted by Crippen LogP contribution is 2.14. The fourth-order valence-corrected chi connectivity index (χ4v) is 1.31. The van der Waals surface area contributed by atoms with Gasteiger partial charge in [-0.15, -0.1) is 12.6 Å². The van der Waals surface area contributed by atoms with E-state index in [1.54, 1.807) is 0 Å². The summed E-state index contributed by atoms with van der Waals surface area (Å²) in [7, 11) is 0. The molecule has 0 unspecified atom stereocenters. The van der Waals surface area contributed by atoms with Crippen LogP contribution in [0.4, 0.5) is 0 Å². The Labute approximate surface area is 101 Å². The van der Waals surface area contributed by atoms with Gasteiger partial charge >= 0.3 is 0 Å². The lowest BCUT2D eigenvalue weighted by atomic mass is 10.1. The lowest BCUT2D eigenvalue weighted by Gasteiger charge is -2.02. The Kier molecular flexibility index (Phi) is 13.1. The second-order valence-electron chi connectivity index (χ2n) is 2.70. The van der Waals surface area contributed by atoms with E-state index >= 15 is 0 Å². The molecule has 0 aromatic carbocycles. The number of aromatic nitrogens is 1. The lowest BCUT2D eigenvalue weighted by molar-refractivity contribution is 0.889. The van der Waals surface area contributed by atoms with Crippen LogP contribution in [0.3, 0.4) is 0 Å². The standard InChI is InChI=1S/C9H13NS.2C2H6/c1-3-4-8-5-7(2)10-6-9(8)11;2*1-2/h5-6,11H,3-4H2,1-2H3;2*1-2H3. The van der Waals surface area contributed by atoms with Crippen LogP contribution in [0, 0.1) is 6.92 Å². The maximum atomic E-state index is 4.32. The van der Waals surface area contributed by atoms with Crippen molar-refractivity contribution in [3.8, 4) is 0 Å². The summed E-state index contributed by atoms with van der Waals surface area (Å²) in [4.78, 5) is 5.16. The summed E-state index contributed by atoms with van der Waals surface area (Å²) < 4.78 is 0. The van der Waals surface area contributed by atoms with Crippen LogP contribution < -0.4 is 0 Å². The first kappa shape index (κ1) is 16.9. The van der Waals surface area contributed by atoms with Gasteiger partial charge in [-0.2, -0.15) is 0 Å².